The van der Waals surface area contributed by atoms with Gasteiger partial charge in [0.15, 0.2) is 0 Å². The summed E-state index contributed by atoms with van der Waals surface area (Å²) in [7, 11) is 5.82. The Balaban J connectivity index is 1.78. The molecule has 18 heavy (non-hydrogen) atoms. The number of anilines is 1. The van der Waals surface area contributed by atoms with Gasteiger partial charge in [-0.05, 0) is 30.9 Å². The van der Waals surface area contributed by atoms with Crippen molar-refractivity contribution in [3.8, 4) is 0 Å². The lowest BCUT2D eigenvalue weighted by Gasteiger charge is -2.36. The van der Waals surface area contributed by atoms with Gasteiger partial charge in [-0.1, -0.05) is 17.6 Å². The number of nitrogens with zero attached hydrogens (tertiary/aromatic N) is 1. The first-order valence-corrected chi connectivity index (χ1v) is 6.58. The number of hydrogen-bond acceptors (Lipinski definition) is 1. The first-order valence-electron chi connectivity index (χ1n) is 6.58. The molecule has 1 aliphatic heterocycles. The van der Waals surface area contributed by atoms with E-state index in [1.807, 2.05) is 12.1 Å². The summed E-state index contributed by atoms with van der Waals surface area (Å²) in [6.07, 6.45) is 2.21. The molecule has 1 heterocycles. The topological polar surface area (TPSA) is 3.24 Å². The number of hydrogen-bond donors (Lipinski definition) is 0. The first kappa shape index (κ1) is 12.0. The monoisotopic (exact) mass is 247 g/mol. The molecule has 1 aliphatic carbocycles. The fourth-order valence-electron chi connectivity index (χ4n) is 3.14. The highest BCUT2D eigenvalue weighted by molar-refractivity contribution is 6.32. The van der Waals surface area contributed by atoms with Gasteiger partial charge in [0.2, 0.25) is 5.92 Å². The second kappa shape index (κ2) is 4.25. The Morgan fingerprint density at radius 1 is 1.22 bits per heavy atom. The molecule has 0 aromatic heterocycles. The molecule has 2 radical (unpaired) electrons. The zero-order chi connectivity index (χ0) is 12.8. The summed E-state index contributed by atoms with van der Waals surface area (Å²) in [6, 6.07) is 6.21. The van der Waals surface area contributed by atoms with Crippen molar-refractivity contribution in [1.29, 1.82) is 0 Å². The summed E-state index contributed by atoms with van der Waals surface area (Å²) in [5, 5.41) is 0. The molecule has 94 valence electrons. The normalized spacial score (nSPS) is 23.1. The minimum absolute atomic E-state index is 0.0197. The van der Waals surface area contributed by atoms with Gasteiger partial charge in [-0.15, -0.1) is 0 Å². The smallest absolute Gasteiger partial charge is 0.248 e. The SMILES string of the molecule is [B]c1ccc2c(c1)N(C1CCC(F)(F)CC1)CC2. The zero-order valence-electron chi connectivity index (χ0n) is 10.3. The van der Waals surface area contributed by atoms with Crippen molar-refractivity contribution in [2.24, 2.45) is 0 Å². The van der Waals surface area contributed by atoms with Crippen LogP contribution in [-0.2, 0) is 6.42 Å². The van der Waals surface area contributed by atoms with Gasteiger partial charge in [0.05, 0.1) is 0 Å². The predicted molar refractivity (Wildman–Crippen MR) is 70.1 cm³/mol. The van der Waals surface area contributed by atoms with Crippen LogP contribution in [0.15, 0.2) is 18.2 Å². The van der Waals surface area contributed by atoms with E-state index in [1.54, 1.807) is 0 Å². The highest BCUT2D eigenvalue weighted by Crippen LogP contribution is 2.38. The van der Waals surface area contributed by atoms with Gasteiger partial charge < -0.3 is 4.90 Å². The Bertz CT molecular complexity index is 451. The molecular formula is C14H16BF2N. The van der Waals surface area contributed by atoms with Crippen LogP contribution in [0.4, 0.5) is 14.5 Å². The van der Waals surface area contributed by atoms with Gasteiger partial charge in [0.25, 0.3) is 0 Å². The first-order chi connectivity index (χ1) is 8.55. The summed E-state index contributed by atoms with van der Waals surface area (Å²) in [5.74, 6) is -2.45. The minimum atomic E-state index is -2.45. The molecule has 3 rings (SSSR count). The van der Waals surface area contributed by atoms with Crippen molar-refractivity contribution in [2.75, 3.05) is 11.4 Å². The van der Waals surface area contributed by atoms with Crippen LogP contribution in [0.2, 0.25) is 0 Å². The molecule has 1 saturated carbocycles. The second-order valence-electron chi connectivity index (χ2n) is 5.42. The number of alkyl halides is 2. The molecule has 0 bridgehead atoms. The Hall–Kier alpha value is -1.06. The van der Waals surface area contributed by atoms with E-state index in [4.69, 9.17) is 7.85 Å². The standard InChI is InChI=1S/C14H16BF2N/c15-11-2-1-10-5-8-18(13(10)9-11)12-3-6-14(16,17)7-4-12/h1-2,9,12H,3-8H2. The molecule has 1 aromatic rings. The van der Waals surface area contributed by atoms with Crippen molar-refractivity contribution in [3.63, 3.8) is 0 Å². The summed E-state index contributed by atoms with van der Waals surface area (Å²) in [5.41, 5.74) is 3.20. The number of benzene rings is 1. The second-order valence-corrected chi connectivity index (χ2v) is 5.42. The van der Waals surface area contributed by atoms with Crippen LogP contribution in [0.5, 0.6) is 0 Å². The van der Waals surface area contributed by atoms with Crippen LogP contribution >= 0.6 is 0 Å². The average molecular weight is 247 g/mol. The molecular weight excluding hydrogens is 231 g/mol. The Morgan fingerprint density at radius 3 is 2.67 bits per heavy atom. The van der Waals surface area contributed by atoms with Crippen LogP contribution < -0.4 is 10.4 Å². The summed E-state index contributed by atoms with van der Waals surface area (Å²) in [4.78, 5) is 2.28. The largest absolute Gasteiger partial charge is 0.368 e. The highest BCUT2D eigenvalue weighted by atomic mass is 19.3. The summed E-state index contributed by atoms with van der Waals surface area (Å²) in [6.45, 7) is 0.940. The maximum atomic E-state index is 13.2. The maximum absolute atomic E-state index is 13.2. The molecule has 0 saturated heterocycles. The van der Waals surface area contributed by atoms with Crippen molar-refractivity contribution in [2.45, 2.75) is 44.1 Å². The number of rotatable bonds is 1. The Labute approximate surface area is 108 Å². The van der Waals surface area contributed by atoms with E-state index in [1.165, 1.54) is 5.56 Å². The van der Waals surface area contributed by atoms with E-state index < -0.39 is 5.92 Å². The van der Waals surface area contributed by atoms with Crippen molar-refractivity contribution >= 4 is 19.0 Å². The predicted octanol–water partition coefficient (Wildman–Crippen LogP) is 2.42. The molecule has 0 amide bonds. The van der Waals surface area contributed by atoms with E-state index in [-0.39, 0.29) is 18.9 Å². The summed E-state index contributed by atoms with van der Waals surface area (Å²) < 4.78 is 26.4. The van der Waals surface area contributed by atoms with Crippen molar-refractivity contribution in [1.82, 2.24) is 0 Å². The van der Waals surface area contributed by atoms with Crippen LogP contribution in [0, 0.1) is 0 Å². The molecule has 0 unspecified atom stereocenters. The van der Waals surface area contributed by atoms with Gasteiger partial charge >= 0.3 is 0 Å². The molecule has 1 nitrogen and oxygen atoms in total. The molecule has 1 fully saturated rings. The van der Waals surface area contributed by atoms with Crippen molar-refractivity contribution in [3.05, 3.63) is 23.8 Å². The van der Waals surface area contributed by atoms with Crippen LogP contribution in [0.1, 0.15) is 31.2 Å². The van der Waals surface area contributed by atoms with E-state index in [9.17, 15) is 8.78 Å². The molecule has 2 aliphatic rings. The van der Waals surface area contributed by atoms with E-state index in [0.717, 1.165) is 24.1 Å². The van der Waals surface area contributed by atoms with Crippen LogP contribution in [0.25, 0.3) is 0 Å². The third-order valence-corrected chi connectivity index (χ3v) is 4.17. The number of halogens is 2. The Morgan fingerprint density at radius 2 is 1.94 bits per heavy atom. The molecule has 4 heteroatoms. The quantitative estimate of drug-likeness (QED) is 0.689. The van der Waals surface area contributed by atoms with Crippen LogP contribution in [0.3, 0.4) is 0 Å². The van der Waals surface area contributed by atoms with Crippen molar-refractivity contribution < 1.29 is 8.78 Å². The highest BCUT2D eigenvalue weighted by Gasteiger charge is 2.38. The van der Waals surface area contributed by atoms with E-state index in [0.29, 0.717) is 12.8 Å². The molecule has 0 spiro atoms. The molecule has 0 N–H and O–H groups in total. The average Bonchev–Trinajstić information content (AvgIpc) is 2.72. The van der Waals surface area contributed by atoms with Gasteiger partial charge in [0.1, 0.15) is 7.85 Å². The molecule has 0 atom stereocenters. The minimum Gasteiger partial charge on any atom is -0.368 e. The third-order valence-electron chi connectivity index (χ3n) is 4.17. The molecule has 1 aromatic carbocycles. The summed E-state index contributed by atoms with van der Waals surface area (Å²) >= 11 is 0. The fourth-order valence-corrected chi connectivity index (χ4v) is 3.14. The Kier molecular flexibility index (Phi) is 2.83. The zero-order valence-corrected chi connectivity index (χ0v) is 10.3. The van der Waals surface area contributed by atoms with E-state index >= 15 is 0 Å². The lowest BCUT2D eigenvalue weighted by atomic mass is 9.90. The third kappa shape index (κ3) is 2.13. The fraction of sp³-hybridized carbons (Fsp3) is 0.571. The van der Waals surface area contributed by atoms with Gasteiger partial charge in [-0.25, -0.2) is 8.78 Å². The van der Waals surface area contributed by atoms with Gasteiger partial charge in [-0.2, -0.15) is 0 Å². The van der Waals surface area contributed by atoms with Gasteiger partial charge in [-0.3, -0.25) is 0 Å². The number of fused-ring (bicyclic) bond motifs is 1. The lowest BCUT2D eigenvalue weighted by molar-refractivity contribution is -0.0379. The van der Waals surface area contributed by atoms with E-state index in [2.05, 4.69) is 11.0 Å². The van der Waals surface area contributed by atoms with Gasteiger partial charge in [0, 0.05) is 31.1 Å². The maximum Gasteiger partial charge on any atom is 0.248 e. The van der Waals surface area contributed by atoms with Crippen LogP contribution in [-0.4, -0.2) is 26.4 Å². The lowest BCUT2D eigenvalue weighted by Crippen LogP contribution is -2.40.